The Morgan fingerprint density at radius 1 is 1.45 bits per heavy atom. The number of nitrogen functional groups attached to an aromatic ring is 1. The van der Waals surface area contributed by atoms with E-state index in [9.17, 15) is 24.3 Å². The summed E-state index contributed by atoms with van der Waals surface area (Å²) in [5.74, 6) is -2.82. The molecule has 206 valence electrons. The van der Waals surface area contributed by atoms with Crippen molar-refractivity contribution in [2.24, 2.45) is 5.16 Å². The number of oxime groups is 1. The van der Waals surface area contributed by atoms with Gasteiger partial charge < -0.3 is 21.0 Å². The number of rotatable bonds is 10. The molecule has 2 aromatic rings. The second kappa shape index (κ2) is 12.4. The number of hydrogen-bond donors (Lipinski definition) is 4. The first-order valence-corrected chi connectivity index (χ1v) is 13.7. The number of anilines is 1. The number of aliphatic carboxylic acids is 1. The maximum Gasteiger partial charge on any atom is 0.352 e. The molecule has 0 spiro atoms. The Balaban J connectivity index is 1.47. The number of thiazole rings is 1. The van der Waals surface area contributed by atoms with Crippen LogP contribution in [0, 0.1) is 11.5 Å². The van der Waals surface area contributed by atoms with Crippen LogP contribution >= 0.6 is 23.1 Å². The van der Waals surface area contributed by atoms with Gasteiger partial charge in [0.1, 0.15) is 35.0 Å². The first-order valence-electron chi connectivity index (χ1n) is 11.7. The highest BCUT2D eigenvalue weighted by Crippen LogP contribution is 2.40. The predicted octanol–water partition coefficient (Wildman–Crippen LogP) is -0.0407. The Hall–Kier alpha value is -4.75. The number of nitrogens with one attached hydrogen (secondary N) is 2. The van der Waals surface area contributed by atoms with E-state index < -0.39 is 35.1 Å². The van der Waals surface area contributed by atoms with Crippen LogP contribution in [0.2, 0.25) is 0 Å². The molecule has 0 aromatic carbocycles. The van der Waals surface area contributed by atoms with Gasteiger partial charge in [0.05, 0.1) is 0 Å². The number of pyridine rings is 1. The first kappa shape index (κ1) is 28.3. The summed E-state index contributed by atoms with van der Waals surface area (Å²) in [6.45, 7) is 2.19. The maximum atomic E-state index is 13.0. The fourth-order valence-corrected chi connectivity index (χ4v) is 5.79. The van der Waals surface area contributed by atoms with Crippen molar-refractivity contribution < 1.29 is 33.7 Å². The van der Waals surface area contributed by atoms with Gasteiger partial charge in [-0.1, -0.05) is 11.2 Å². The van der Waals surface area contributed by atoms with E-state index in [1.807, 2.05) is 5.32 Å². The van der Waals surface area contributed by atoms with Crippen molar-refractivity contribution in [3.63, 3.8) is 0 Å². The van der Waals surface area contributed by atoms with Gasteiger partial charge >= 0.3 is 5.97 Å². The Morgan fingerprint density at radius 2 is 2.25 bits per heavy atom. The Bertz CT molecular complexity index is 1490. The lowest BCUT2D eigenvalue weighted by atomic mass is 10.0. The van der Waals surface area contributed by atoms with Gasteiger partial charge in [0.15, 0.2) is 36.0 Å². The number of carboxylic acids is 1. The summed E-state index contributed by atoms with van der Waals surface area (Å²) >= 11 is 2.42. The SMILES string of the molecule is CCO/N=C(\C(=O)N[C@@H]1C(=O)N2C(C(=O)O)=C(/C=C/C[n+]3cccc(C(=O)NC#N)c3)CS[C@H]12)c1csc(N)n1. The molecule has 0 saturated carbocycles. The van der Waals surface area contributed by atoms with Gasteiger partial charge in [-0.05, 0) is 24.6 Å². The molecule has 1 fully saturated rings. The van der Waals surface area contributed by atoms with Gasteiger partial charge in [0, 0.05) is 17.2 Å². The number of β-lactam (4-membered cyclic amide) rings is 1. The number of nitrogens with zero attached hydrogens (tertiary/aromatic N) is 5. The monoisotopic (exact) mass is 583 g/mol. The lowest BCUT2D eigenvalue weighted by Gasteiger charge is -2.49. The van der Waals surface area contributed by atoms with Crippen LogP contribution in [0.1, 0.15) is 23.0 Å². The molecular formula is C24H23N8O6S2+. The van der Waals surface area contributed by atoms with Crippen molar-refractivity contribution in [3.8, 4) is 6.19 Å². The predicted molar refractivity (Wildman–Crippen MR) is 143 cm³/mol. The van der Waals surface area contributed by atoms with Gasteiger partial charge in [0.25, 0.3) is 17.7 Å². The summed E-state index contributed by atoms with van der Waals surface area (Å²) in [7, 11) is 0. The van der Waals surface area contributed by atoms with Gasteiger partial charge in [-0.15, -0.1) is 23.1 Å². The number of carboxylic acid groups (broad SMARTS) is 1. The zero-order valence-corrected chi connectivity index (χ0v) is 22.6. The Labute approximate surface area is 235 Å². The molecule has 4 rings (SSSR count). The van der Waals surface area contributed by atoms with E-state index in [-0.39, 0.29) is 40.2 Å². The standard InChI is InChI=1S/C24H22N8O6S2/c1-2-38-30-16(15-11-40-24(26)28-15)20(34)29-17-21(35)32-18(23(36)37)14(10-39-22(17)32)6-4-8-31-7-3-5-13(9-31)19(33)27-12-25/h3-7,9,11,17,22H,2,8,10H2,1H3,(H4-,26,27,28,29,33,34,36,37)/p+1/b6-4+,30-16-/t17-,22-/m1/s1. The van der Waals surface area contributed by atoms with E-state index >= 15 is 0 Å². The number of nitrogens with two attached hydrogens (primary N) is 1. The van der Waals surface area contributed by atoms with Crippen molar-refractivity contribution in [3.05, 3.63) is 64.6 Å². The van der Waals surface area contributed by atoms with Crippen molar-refractivity contribution >= 4 is 57.6 Å². The smallest absolute Gasteiger partial charge is 0.352 e. The molecule has 0 unspecified atom stereocenters. The van der Waals surface area contributed by atoms with Gasteiger partial charge in [-0.25, -0.2) is 14.3 Å². The molecule has 3 amide bonds. The third kappa shape index (κ3) is 5.95. The van der Waals surface area contributed by atoms with Crippen LogP contribution in [0.4, 0.5) is 5.13 Å². The molecule has 0 bridgehead atoms. The summed E-state index contributed by atoms with van der Waals surface area (Å²) < 4.78 is 1.68. The average Bonchev–Trinajstić information content (AvgIpc) is 3.37. The summed E-state index contributed by atoms with van der Waals surface area (Å²) in [5, 5.41) is 28.2. The lowest BCUT2D eigenvalue weighted by molar-refractivity contribution is -0.687. The summed E-state index contributed by atoms with van der Waals surface area (Å²) in [6.07, 6.45) is 8.14. The van der Waals surface area contributed by atoms with Crippen LogP contribution < -0.4 is 20.9 Å². The number of hydrogen-bond acceptors (Lipinski definition) is 11. The minimum Gasteiger partial charge on any atom is -0.477 e. The maximum absolute atomic E-state index is 13.0. The Morgan fingerprint density at radius 3 is 2.92 bits per heavy atom. The van der Waals surface area contributed by atoms with Crippen LogP contribution in [0.25, 0.3) is 0 Å². The Kier molecular flexibility index (Phi) is 8.76. The highest BCUT2D eigenvalue weighted by atomic mass is 32.2. The number of carbonyl (C=O) groups excluding carboxylic acids is 3. The van der Waals surface area contributed by atoms with Crippen LogP contribution in [-0.4, -0.2) is 68.2 Å². The van der Waals surface area contributed by atoms with Crippen LogP contribution in [0.5, 0.6) is 0 Å². The molecule has 2 aromatic heterocycles. The van der Waals surface area contributed by atoms with E-state index in [1.165, 1.54) is 17.1 Å². The normalized spacial score (nSPS) is 18.6. The zero-order valence-electron chi connectivity index (χ0n) is 20.9. The largest absolute Gasteiger partial charge is 0.477 e. The molecule has 2 aliphatic heterocycles. The third-order valence-electron chi connectivity index (χ3n) is 5.68. The number of aromatic nitrogens is 2. The van der Waals surface area contributed by atoms with E-state index in [4.69, 9.17) is 15.8 Å². The average molecular weight is 584 g/mol. The number of fused-ring (bicyclic) bond motifs is 1. The summed E-state index contributed by atoms with van der Waals surface area (Å²) in [5.41, 5.74) is 6.25. The molecule has 0 radical (unpaired) electrons. The van der Waals surface area contributed by atoms with Gasteiger partial charge in [0.2, 0.25) is 0 Å². The number of carbonyl (C=O) groups is 4. The van der Waals surface area contributed by atoms with Crippen LogP contribution in [0.15, 0.2) is 58.5 Å². The number of nitriles is 1. The van der Waals surface area contributed by atoms with Crippen molar-refractivity contribution in [1.29, 1.82) is 5.26 Å². The van der Waals surface area contributed by atoms with Crippen molar-refractivity contribution in [2.75, 3.05) is 18.1 Å². The lowest BCUT2D eigenvalue weighted by Crippen LogP contribution is -2.71. The van der Waals surface area contributed by atoms with E-state index in [0.29, 0.717) is 12.1 Å². The molecule has 2 aliphatic rings. The molecule has 16 heteroatoms. The highest BCUT2D eigenvalue weighted by molar-refractivity contribution is 8.00. The number of allylic oxidation sites excluding steroid dienone is 2. The van der Waals surface area contributed by atoms with Crippen molar-refractivity contribution in [2.45, 2.75) is 24.9 Å². The molecule has 4 heterocycles. The third-order valence-corrected chi connectivity index (χ3v) is 7.65. The molecule has 2 atom stereocenters. The van der Waals surface area contributed by atoms with Crippen molar-refractivity contribution in [1.82, 2.24) is 20.5 Å². The molecule has 1 saturated heterocycles. The second-order valence-corrected chi connectivity index (χ2v) is 10.2. The summed E-state index contributed by atoms with van der Waals surface area (Å²) in [6, 6.07) is 2.22. The van der Waals surface area contributed by atoms with Crippen LogP contribution in [-0.2, 0) is 25.8 Å². The van der Waals surface area contributed by atoms with E-state index in [0.717, 1.165) is 16.2 Å². The minimum absolute atomic E-state index is 0.147. The second-order valence-electron chi connectivity index (χ2n) is 8.23. The van der Waals surface area contributed by atoms with Crippen LogP contribution in [0.3, 0.4) is 0 Å². The zero-order chi connectivity index (χ0) is 28.8. The van der Waals surface area contributed by atoms with E-state index in [2.05, 4.69) is 15.5 Å². The molecule has 0 aliphatic carbocycles. The minimum atomic E-state index is -1.28. The van der Waals surface area contributed by atoms with E-state index in [1.54, 1.807) is 54.4 Å². The summed E-state index contributed by atoms with van der Waals surface area (Å²) in [4.78, 5) is 60.3. The molecular weight excluding hydrogens is 560 g/mol. The molecule has 14 nitrogen and oxygen atoms in total. The fourth-order valence-electron chi connectivity index (χ4n) is 3.92. The number of amides is 3. The van der Waals surface area contributed by atoms with Gasteiger partial charge in [-0.2, -0.15) is 5.26 Å². The molecule has 5 N–H and O–H groups in total. The fraction of sp³-hybridized carbons (Fsp3) is 0.250. The first-order chi connectivity index (χ1) is 19.2. The molecule has 40 heavy (non-hydrogen) atoms. The topological polar surface area (TPSA) is 204 Å². The quantitative estimate of drug-likeness (QED) is 0.0733. The highest BCUT2D eigenvalue weighted by Gasteiger charge is 2.54. The van der Waals surface area contributed by atoms with Gasteiger partial charge in [-0.3, -0.25) is 24.6 Å². The number of thioether (sulfide) groups is 1.